The average Bonchev–Trinajstić information content (AvgIpc) is 2.18. The first-order valence-corrected chi connectivity index (χ1v) is 4.70. The Labute approximate surface area is 101 Å². The third-order valence-corrected chi connectivity index (χ3v) is 2.08. The third kappa shape index (κ3) is 4.08. The second-order valence-electron chi connectivity index (χ2n) is 3.68. The fourth-order valence-electron chi connectivity index (χ4n) is 1.17. The molecule has 2 N–H and O–H groups in total. The largest absolute Gasteiger partial charge is 0.504 e. The lowest BCUT2D eigenvalue weighted by Crippen LogP contribution is -2.16. The van der Waals surface area contributed by atoms with E-state index in [2.05, 4.69) is 0 Å². The van der Waals surface area contributed by atoms with Crippen molar-refractivity contribution in [2.75, 3.05) is 20.6 Å². The quantitative estimate of drug-likeness (QED) is 0.626. The summed E-state index contributed by atoms with van der Waals surface area (Å²) in [6, 6.07) is 4.11. The topological polar surface area (TPSA) is 60.8 Å². The Hall–Kier alpha value is -1.26. The highest BCUT2D eigenvalue weighted by molar-refractivity contribution is 5.96. The van der Waals surface area contributed by atoms with Crippen LogP contribution < -0.4 is 0 Å². The van der Waals surface area contributed by atoms with Crippen LogP contribution in [0.15, 0.2) is 18.2 Å². The van der Waals surface area contributed by atoms with Crippen LogP contribution in [0.1, 0.15) is 16.8 Å². The van der Waals surface area contributed by atoms with Crippen LogP contribution in [0.25, 0.3) is 0 Å². The Kier molecular flexibility index (Phi) is 5.85. The summed E-state index contributed by atoms with van der Waals surface area (Å²) in [5, 5.41) is 18.3. The Morgan fingerprint density at radius 1 is 1.25 bits per heavy atom. The minimum atomic E-state index is -0.259. The number of ketones is 1. The average molecular weight is 246 g/mol. The second-order valence-corrected chi connectivity index (χ2v) is 3.68. The summed E-state index contributed by atoms with van der Waals surface area (Å²) in [6.07, 6.45) is 0.400. The van der Waals surface area contributed by atoms with Crippen LogP contribution in [0.5, 0.6) is 11.5 Å². The number of benzene rings is 1. The molecule has 0 amide bonds. The molecule has 0 aromatic heterocycles. The molecule has 90 valence electrons. The molecule has 0 aliphatic carbocycles. The van der Waals surface area contributed by atoms with E-state index in [1.807, 2.05) is 19.0 Å². The van der Waals surface area contributed by atoms with Crippen molar-refractivity contribution in [3.8, 4) is 11.5 Å². The van der Waals surface area contributed by atoms with Crippen LogP contribution in [0.4, 0.5) is 0 Å². The van der Waals surface area contributed by atoms with Crippen LogP contribution >= 0.6 is 12.4 Å². The van der Waals surface area contributed by atoms with Crippen LogP contribution in [0, 0.1) is 0 Å². The fourth-order valence-corrected chi connectivity index (χ4v) is 1.17. The van der Waals surface area contributed by atoms with Crippen molar-refractivity contribution in [2.45, 2.75) is 6.42 Å². The first-order valence-electron chi connectivity index (χ1n) is 4.70. The van der Waals surface area contributed by atoms with E-state index in [0.29, 0.717) is 18.5 Å². The predicted molar refractivity (Wildman–Crippen MR) is 64.5 cm³/mol. The molecular formula is C11H16ClNO3. The van der Waals surface area contributed by atoms with Gasteiger partial charge in [-0.25, -0.2) is 0 Å². The Bertz CT molecular complexity index is 366. The number of halogens is 1. The molecule has 16 heavy (non-hydrogen) atoms. The molecule has 0 aliphatic rings. The van der Waals surface area contributed by atoms with Gasteiger partial charge in [-0.1, -0.05) is 0 Å². The lowest BCUT2D eigenvalue weighted by atomic mass is 10.1. The molecule has 0 spiro atoms. The van der Waals surface area contributed by atoms with Crippen molar-refractivity contribution < 1.29 is 15.0 Å². The van der Waals surface area contributed by atoms with Crippen molar-refractivity contribution in [2.24, 2.45) is 0 Å². The highest BCUT2D eigenvalue weighted by Gasteiger charge is 2.08. The standard InChI is InChI=1S/C11H15NO3.ClH/c1-12(2)6-5-9(13)8-3-4-10(14)11(15)7-8;/h3-4,7,14-15H,5-6H2,1-2H3;1H. The fraction of sp³-hybridized carbons (Fsp3) is 0.364. The van der Waals surface area contributed by atoms with Gasteiger partial charge >= 0.3 is 0 Å². The van der Waals surface area contributed by atoms with Crippen molar-refractivity contribution in [1.82, 2.24) is 4.90 Å². The number of hydrogen-bond acceptors (Lipinski definition) is 4. The normalized spacial score (nSPS) is 9.94. The monoisotopic (exact) mass is 245 g/mol. The van der Waals surface area contributed by atoms with Gasteiger partial charge in [-0.15, -0.1) is 12.4 Å². The number of phenolic OH excluding ortho intramolecular Hbond substituents is 2. The van der Waals surface area contributed by atoms with Gasteiger partial charge in [0, 0.05) is 18.5 Å². The Morgan fingerprint density at radius 3 is 2.38 bits per heavy atom. The molecule has 1 aromatic rings. The molecule has 0 aliphatic heterocycles. The highest BCUT2D eigenvalue weighted by Crippen LogP contribution is 2.25. The van der Waals surface area contributed by atoms with E-state index in [-0.39, 0.29) is 29.7 Å². The van der Waals surface area contributed by atoms with Crippen molar-refractivity contribution in [3.05, 3.63) is 23.8 Å². The van der Waals surface area contributed by atoms with Crippen LogP contribution in [0.3, 0.4) is 0 Å². The van der Waals surface area contributed by atoms with E-state index >= 15 is 0 Å². The summed E-state index contributed by atoms with van der Waals surface area (Å²) >= 11 is 0. The molecule has 0 saturated carbocycles. The summed E-state index contributed by atoms with van der Waals surface area (Å²) in [5.41, 5.74) is 0.423. The number of carbonyl (C=O) groups is 1. The van der Waals surface area contributed by atoms with E-state index in [9.17, 15) is 9.90 Å². The second kappa shape index (κ2) is 6.35. The SMILES string of the molecule is CN(C)CCC(=O)c1ccc(O)c(O)c1.Cl. The number of rotatable bonds is 4. The predicted octanol–water partition coefficient (Wildman–Crippen LogP) is 1.65. The summed E-state index contributed by atoms with van der Waals surface area (Å²) < 4.78 is 0. The summed E-state index contributed by atoms with van der Waals surface area (Å²) in [7, 11) is 3.78. The van der Waals surface area contributed by atoms with Gasteiger partial charge in [0.25, 0.3) is 0 Å². The molecular weight excluding hydrogens is 230 g/mol. The van der Waals surface area contributed by atoms with Gasteiger partial charge in [0.15, 0.2) is 17.3 Å². The van der Waals surface area contributed by atoms with Gasteiger partial charge in [0.05, 0.1) is 0 Å². The summed E-state index contributed by atoms with van der Waals surface area (Å²) in [4.78, 5) is 13.5. The van der Waals surface area contributed by atoms with Crippen molar-refractivity contribution in [3.63, 3.8) is 0 Å². The molecule has 4 nitrogen and oxygen atoms in total. The maximum Gasteiger partial charge on any atom is 0.164 e. The first kappa shape index (κ1) is 14.7. The molecule has 1 aromatic carbocycles. The first-order chi connectivity index (χ1) is 7.00. The van der Waals surface area contributed by atoms with E-state index in [0.717, 1.165) is 0 Å². The van der Waals surface area contributed by atoms with Gasteiger partial charge in [-0.2, -0.15) is 0 Å². The Morgan fingerprint density at radius 2 is 1.88 bits per heavy atom. The number of carbonyl (C=O) groups excluding carboxylic acids is 1. The molecule has 0 unspecified atom stereocenters. The van der Waals surface area contributed by atoms with Crippen LogP contribution in [-0.2, 0) is 0 Å². The number of aromatic hydroxyl groups is 2. The van der Waals surface area contributed by atoms with Crippen molar-refractivity contribution in [1.29, 1.82) is 0 Å². The van der Waals surface area contributed by atoms with Gasteiger partial charge in [0.1, 0.15) is 0 Å². The molecule has 1 rings (SSSR count). The third-order valence-electron chi connectivity index (χ3n) is 2.08. The van der Waals surface area contributed by atoms with E-state index in [4.69, 9.17) is 5.11 Å². The maximum atomic E-state index is 11.6. The minimum absolute atomic E-state index is 0. The van der Waals surface area contributed by atoms with E-state index in [1.165, 1.54) is 18.2 Å². The molecule has 5 heteroatoms. The number of phenols is 2. The minimum Gasteiger partial charge on any atom is -0.504 e. The van der Waals surface area contributed by atoms with Crippen molar-refractivity contribution >= 4 is 18.2 Å². The molecule has 0 fully saturated rings. The summed E-state index contributed by atoms with van der Waals surface area (Å²) in [6.45, 7) is 0.667. The number of Topliss-reactive ketones (excluding diaryl/α,β-unsaturated/α-hetero) is 1. The molecule has 0 atom stereocenters. The zero-order valence-corrected chi connectivity index (χ0v) is 10.1. The van der Waals surface area contributed by atoms with E-state index in [1.54, 1.807) is 0 Å². The number of nitrogens with zero attached hydrogens (tertiary/aromatic N) is 1. The van der Waals surface area contributed by atoms with Crippen LogP contribution in [-0.4, -0.2) is 41.5 Å². The molecule has 0 saturated heterocycles. The number of hydrogen-bond donors (Lipinski definition) is 2. The lowest BCUT2D eigenvalue weighted by molar-refractivity contribution is 0.0972. The summed E-state index contributed by atoms with van der Waals surface area (Å²) in [5.74, 6) is -0.510. The smallest absolute Gasteiger partial charge is 0.164 e. The van der Waals surface area contributed by atoms with Gasteiger partial charge in [0.2, 0.25) is 0 Å². The van der Waals surface area contributed by atoms with E-state index < -0.39 is 0 Å². The zero-order chi connectivity index (χ0) is 11.4. The Balaban J connectivity index is 0.00000225. The molecule has 0 heterocycles. The van der Waals surface area contributed by atoms with Gasteiger partial charge in [-0.3, -0.25) is 4.79 Å². The molecule has 0 bridgehead atoms. The lowest BCUT2D eigenvalue weighted by Gasteiger charge is -2.08. The maximum absolute atomic E-state index is 11.6. The zero-order valence-electron chi connectivity index (χ0n) is 9.30. The van der Waals surface area contributed by atoms with Crippen LogP contribution in [0.2, 0.25) is 0 Å². The molecule has 0 radical (unpaired) electrons. The van der Waals surface area contributed by atoms with Gasteiger partial charge < -0.3 is 15.1 Å². The van der Waals surface area contributed by atoms with Gasteiger partial charge in [-0.05, 0) is 32.3 Å². The highest BCUT2D eigenvalue weighted by atomic mass is 35.5.